The number of alkyl halides is 3. The number of pyridine rings is 1. The predicted octanol–water partition coefficient (Wildman–Crippen LogP) is 5.10. The molecule has 5 N–H and O–H groups in total. The third-order valence-electron chi connectivity index (χ3n) is 5.62. The number of hydrogen-bond acceptors (Lipinski definition) is 7. The van der Waals surface area contributed by atoms with Gasteiger partial charge in [-0.2, -0.15) is 13.2 Å². The highest BCUT2D eigenvalue weighted by molar-refractivity contribution is 6.33. The van der Waals surface area contributed by atoms with Crippen molar-refractivity contribution in [1.82, 2.24) is 9.88 Å². The minimum Gasteiger partial charge on any atom is -0.495 e. The number of nitrogens with zero attached hydrogens (tertiary/aromatic N) is 3. The van der Waals surface area contributed by atoms with Crippen molar-refractivity contribution in [3.05, 3.63) is 88.3 Å². The molecule has 3 aromatic rings. The first-order chi connectivity index (χ1) is 17.9. The lowest BCUT2D eigenvalue weighted by atomic mass is 10.1. The van der Waals surface area contributed by atoms with Gasteiger partial charge in [0.2, 0.25) is 0 Å². The number of ether oxygens (including phenoxy) is 1. The molecule has 202 valence electrons. The van der Waals surface area contributed by atoms with Crippen molar-refractivity contribution in [3.63, 3.8) is 0 Å². The van der Waals surface area contributed by atoms with Crippen LogP contribution in [0.4, 0.5) is 24.5 Å². The van der Waals surface area contributed by atoms with E-state index in [0.29, 0.717) is 23.4 Å². The largest absolute Gasteiger partial charge is 0.495 e. The molecule has 12 heteroatoms. The summed E-state index contributed by atoms with van der Waals surface area (Å²) >= 11 is 6.30. The zero-order chi connectivity index (χ0) is 28.0. The van der Waals surface area contributed by atoms with Crippen LogP contribution in [0.25, 0.3) is 5.70 Å². The summed E-state index contributed by atoms with van der Waals surface area (Å²) in [7, 11) is 3.29. The van der Waals surface area contributed by atoms with Gasteiger partial charge in [-0.1, -0.05) is 18.5 Å². The number of rotatable bonds is 9. The topological polar surface area (TPSA) is 110 Å². The molecular weight excluding hydrogens is 521 g/mol. The number of hydrogen-bond donors (Lipinski definition) is 3. The smallest absolute Gasteiger partial charge is 0.416 e. The Morgan fingerprint density at radius 1 is 1.16 bits per heavy atom. The number of amides is 1. The fourth-order valence-corrected chi connectivity index (χ4v) is 3.70. The molecule has 1 heterocycles. The van der Waals surface area contributed by atoms with E-state index in [9.17, 15) is 18.0 Å². The molecule has 0 saturated carbocycles. The molecule has 0 aliphatic carbocycles. The Balaban J connectivity index is 1.88. The maximum atomic E-state index is 13.5. The van der Waals surface area contributed by atoms with Crippen LogP contribution in [0.1, 0.15) is 34.0 Å². The van der Waals surface area contributed by atoms with Gasteiger partial charge in [-0.15, -0.1) is 0 Å². The second-order valence-corrected chi connectivity index (χ2v) is 8.88. The third-order valence-corrected chi connectivity index (χ3v) is 5.94. The van der Waals surface area contributed by atoms with Crippen LogP contribution in [0.2, 0.25) is 5.02 Å². The molecule has 0 unspecified atom stereocenters. The number of anilines is 2. The van der Waals surface area contributed by atoms with Crippen molar-refractivity contribution in [1.29, 1.82) is 0 Å². The van der Waals surface area contributed by atoms with E-state index < -0.39 is 17.6 Å². The van der Waals surface area contributed by atoms with Gasteiger partial charge < -0.3 is 20.7 Å². The van der Waals surface area contributed by atoms with Crippen molar-refractivity contribution in [2.45, 2.75) is 19.6 Å². The van der Waals surface area contributed by atoms with Crippen LogP contribution in [0, 0.1) is 0 Å². The molecule has 8 nitrogen and oxygen atoms in total. The quantitative estimate of drug-likeness (QED) is 0.252. The molecule has 0 aliphatic heterocycles. The number of carbonyl (C=O) groups excluding carboxylic acids is 1. The fourth-order valence-electron chi connectivity index (χ4n) is 3.48. The number of nitrogens with two attached hydrogens (primary N) is 2. The van der Waals surface area contributed by atoms with Crippen LogP contribution in [0.5, 0.6) is 5.75 Å². The molecule has 38 heavy (non-hydrogen) atoms. The maximum absolute atomic E-state index is 13.5. The summed E-state index contributed by atoms with van der Waals surface area (Å²) < 4.78 is 45.6. The minimum atomic E-state index is -4.57. The van der Waals surface area contributed by atoms with Crippen molar-refractivity contribution >= 4 is 34.6 Å². The van der Waals surface area contributed by atoms with Gasteiger partial charge in [0, 0.05) is 35.8 Å². The van der Waals surface area contributed by atoms with Gasteiger partial charge in [-0.25, -0.2) is 5.84 Å². The zero-order valence-electron chi connectivity index (χ0n) is 21.0. The van der Waals surface area contributed by atoms with E-state index >= 15 is 0 Å². The first kappa shape index (κ1) is 28.8. The molecule has 0 radical (unpaired) electrons. The number of nitrogens with one attached hydrogen (secondary N) is 1. The van der Waals surface area contributed by atoms with Crippen molar-refractivity contribution < 1.29 is 22.7 Å². The standard InChI is InChI=1S/C26H28ClF3N6O2/c1-4-35(2)14-16-7-19(26(28,29)30)11-20(8-16)34-25(37)17-5-6-22(27)24(10-17)36(32)15-23(31)18-9-21(38-3)13-33-12-18/h5-13,15H,4,14,31-32H2,1-3H3,(H,34,37)/b23-15-. The average Bonchev–Trinajstić information content (AvgIpc) is 2.88. The summed E-state index contributed by atoms with van der Waals surface area (Å²) in [6.07, 6.45) is -0.137. The van der Waals surface area contributed by atoms with Gasteiger partial charge in [0.25, 0.3) is 5.91 Å². The fraction of sp³-hybridized carbons (Fsp3) is 0.231. The van der Waals surface area contributed by atoms with Gasteiger partial charge in [0.15, 0.2) is 0 Å². The third kappa shape index (κ3) is 7.37. The van der Waals surface area contributed by atoms with Crippen LogP contribution in [0.15, 0.2) is 61.1 Å². The summed E-state index contributed by atoms with van der Waals surface area (Å²) in [6, 6.07) is 9.44. The van der Waals surface area contributed by atoms with Gasteiger partial charge in [0.05, 0.1) is 35.3 Å². The Bertz CT molecular complexity index is 1330. The normalized spacial score (nSPS) is 12.0. The van der Waals surface area contributed by atoms with Gasteiger partial charge in [-0.3, -0.25) is 14.8 Å². The van der Waals surface area contributed by atoms with Crippen molar-refractivity contribution in [2.24, 2.45) is 11.6 Å². The van der Waals surface area contributed by atoms with Crippen molar-refractivity contribution in [3.8, 4) is 5.75 Å². The number of halogens is 4. The Hall–Kier alpha value is -3.80. The molecule has 2 aromatic carbocycles. The number of carbonyl (C=O) groups is 1. The van der Waals surface area contributed by atoms with Gasteiger partial charge in [-0.05, 0) is 61.6 Å². The molecule has 1 aromatic heterocycles. The van der Waals surface area contributed by atoms with E-state index in [4.69, 9.17) is 27.9 Å². The lowest BCUT2D eigenvalue weighted by Gasteiger charge is -2.19. The maximum Gasteiger partial charge on any atom is 0.416 e. The summed E-state index contributed by atoms with van der Waals surface area (Å²) in [5, 5.41) is 3.90. The van der Waals surface area contributed by atoms with Gasteiger partial charge >= 0.3 is 6.18 Å². The average molecular weight is 549 g/mol. The number of aromatic nitrogens is 1. The lowest BCUT2D eigenvalue weighted by molar-refractivity contribution is -0.137. The highest BCUT2D eigenvalue weighted by Crippen LogP contribution is 2.33. The number of methoxy groups -OCH3 is 1. The molecule has 3 rings (SSSR count). The molecule has 1 amide bonds. The first-order valence-electron chi connectivity index (χ1n) is 11.4. The van der Waals surface area contributed by atoms with E-state index in [1.54, 1.807) is 13.1 Å². The molecule has 0 fully saturated rings. The van der Waals surface area contributed by atoms with Crippen LogP contribution < -0.4 is 26.6 Å². The molecule has 0 saturated heterocycles. The Morgan fingerprint density at radius 2 is 1.89 bits per heavy atom. The highest BCUT2D eigenvalue weighted by atomic mass is 35.5. The Labute approximate surface area is 223 Å². The monoisotopic (exact) mass is 548 g/mol. The van der Waals surface area contributed by atoms with E-state index in [1.807, 2.05) is 11.8 Å². The predicted molar refractivity (Wildman–Crippen MR) is 142 cm³/mol. The minimum absolute atomic E-state index is 0.0140. The van der Waals surface area contributed by atoms with Crippen LogP contribution >= 0.6 is 11.6 Å². The van der Waals surface area contributed by atoms with Crippen molar-refractivity contribution in [2.75, 3.05) is 31.0 Å². The molecule has 0 aliphatic rings. The van der Waals surface area contributed by atoms with E-state index in [-0.39, 0.29) is 34.2 Å². The molecule has 0 bridgehead atoms. The molecule has 0 spiro atoms. The van der Waals surface area contributed by atoms with Gasteiger partial charge in [0.1, 0.15) is 5.75 Å². The summed E-state index contributed by atoms with van der Waals surface area (Å²) in [4.78, 5) is 18.9. The Kier molecular flexibility index (Phi) is 9.21. The summed E-state index contributed by atoms with van der Waals surface area (Å²) in [5.74, 6) is 6.01. The highest BCUT2D eigenvalue weighted by Gasteiger charge is 2.31. The zero-order valence-corrected chi connectivity index (χ0v) is 21.8. The SMILES string of the molecule is CCN(C)Cc1cc(NC(=O)c2ccc(Cl)c(N(N)/C=C(\N)c3cncc(OC)c3)c2)cc(C(F)(F)F)c1. The number of benzene rings is 2. The van der Waals surface area contributed by atoms with Crippen LogP contribution in [-0.2, 0) is 12.7 Å². The summed E-state index contributed by atoms with van der Waals surface area (Å²) in [6.45, 7) is 2.83. The second kappa shape index (κ2) is 12.2. The summed E-state index contributed by atoms with van der Waals surface area (Å²) in [5.41, 5.74) is 6.87. The molecule has 0 atom stereocenters. The Morgan fingerprint density at radius 3 is 2.55 bits per heavy atom. The van der Waals surface area contributed by atoms with Crippen LogP contribution in [0.3, 0.4) is 0 Å². The van der Waals surface area contributed by atoms with E-state index in [0.717, 1.165) is 17.1 Å². The van der Waals surface area contributed by atoms with Crippen LogP contribution in [-0.4, -0.2) is 36.5 Å². The molecular formula is C26H28ClF3N6O2. The second-order valence-electron chi connectivity index (χ2n) is 8.47. The first-order valence-corrected chi connectivity index (χ1v) is 11.8. The van der Waals surface area contributed by atoms with E-state index in [2.05, 4.69) is 10.3 Å². The van der Waals surface area contributed by atoms with E-state index in [1.165, 1.54) is 50.0 Å². The lowest BCUT2D eigenvalue weighted by Crippen LogP contribution is -2.26. The number of hydrazine groups is 1.